The third kappa shape index (κ3) is 4.26. The number of phenols is 1. The minimum absolute atomic E-state index is 0.126. The Bertz CT molecular complexity index is 966. The summed E-state index contributed by atoms with van der Waals surface area (Å²) in [6.45, 7) is 3.77. The van der Waals surface area contributed by atoms with E-state index in [9.17, 15) is 9.90 Å². The first-order chi connectivity index (χ1) is 12.4. The maximum absolute atomic E-state index is 11.9. The van der Waals surface area contributed by atoms with Gasteiger partial charge in [-0.25, -0.2) is 4.79 Å². The first kappa shape index (κ1) is 18.5. The Kier molecular flexibility index (Phi) is 5.64. The van der Waals surface area contributed by atoms with E-state index in [0.29, 0.717) is 24.3 Å². The van der Waals surface area contributed by atoms with Crippen molar-refractivity contribution >= 4 is 26.9 Å². The molecule has 2 aromatic carbocycles. The number of phenolic OH excluding ortho intramolecular Hbond substituents is 1. The number of aromatic hydroxyl groups is 1. The highest BCUT2D eigenvalue weighted by Gasteiger charge is 2.14. The van der Waals surface area contributed by atoms with E-state index in [4.69, 9.17) is 9.15 Å². The van der Waals surface area contributed by atoms with Crippen LogP contribution in [0.25, 0.3) is 11.0 Å². The summed E-state index contributed by atoms with van der Waals surface area (Å²) >= 11 is 3.40. The van der Waals surface area contributed by atoms with Gasteiger partial charge in [0.2, 0.25) is 0 Å². The van der Waals surface area contributed by atoms with Crippen molar-refractivity contribution in [1.29, 1.82) is 0 Å². The number of benzene rings is 2. The number of rotatable bonds is 6. The Morgan fingerprint density at radius 2 is 1.92 bits per heavy atom. The summed E-state index contributed by atoms with van der Waals surface area (Å²) in [6.07, 6.45) is 0. The Morgan fingerprint density at radius 1 is 1.19 bits per heavy atom. The lowest BCUT2D eigenvalue weighted by Gasteiger charge is -2.16. The zero-order valence-electron chi connectivity index (χ0n) is 14.7. The summed E-state index contributed by atoms with van der Waals surface area (Å²) in [6, 6.07) is 12.7. The van der Waals surface area contributed by atoms with Gasteiger partial charge in [-0.3, -0.25) is 0 Å². The molecule has 0 saturated heterocycles. The van der Waals surface area contributed by atoms with Gasteiger partial charge in [-0.2, -0.15) is 0 Å². The van der Waals surface area contributed by atoms with Crippen LogP contribution in [0.3, 0.4) is 0 Å². The van der Waals surface area contributed by atoms with E-state index in [-0.39, 0.29) is 5.75 Å². The van der Waals surface area contributed by atoms with Crippen LogP contribution in [-0.2, 0) is 6.54 Å². The van der Waals surface area contributed by atoms with E-state index >= 15 is 0 Å². The lowest BCUT2D eigenvalue weighted by atomic mass is 10.1. The molecule has 2 N–H and O–H groups in total. The molecule has 0 aliphatic heterocycles. The van der Waals surface area contributed by atoms with Gasteiger partial charge in [0.25, 0.3) is 0 Å². The predicted octanol–water partition coefficient (Wildman–Crippen LogP) is 2.66. The average Bonchev–Trinajstić information content (AvgIpc) is 2.60. The third-order valence-electron chi connectivity index (χ3n) is 4.32. The fourth-order valence-corrected chi connectivity index (χ4v) is 3.11. The van der Waals surface area contributed by atoms with Crippen LogP contribution >= 0.6 is 15.9 Å². The molecule has 0 amide bonds. The van der Waals surface area contributed by atoms with E-state index in [0.717, 1.165) is 27.7 Å². The summed E-state index contributed by atoms with van der Waals surface area (Å²) < 4.78 is 12.1. The standard InChI is InChI=1S/C20H20BrNO4/c1-13-18(23)8-7-17-14(11-19(24)26-20(13)17)12-22(2)9-10-25-16-5-3-15(21)4-6-16/h3-8,11,23H,9-10,12H2,1-2H3/p+1. The number of fused-ring (bicyclic) bond motifs is 1. The number of hydrogen-bond acceptors (Lipinski definition) is 4. The third-order valence-corrected chi connectivity index (χ3v) is 4.85. The molecule has 0 bridgehead atoms. The number of nitrogens with one attached hydrogen (secondary N) is 1. The Balaban J connectivity index is 1.69. The molecule has 0 aliphatic carbocycles. The molecular formula is C20H21BrNO4+. The van der Waals surface area contributed by atoms with Crippen molar-refractivity contribution in [3.8, 4) is 11.5 Å². The summed E-state index contributed by atoms with van der Waals surface area (Å²) in [4.78, 5) is 13.1. The summed E-state index contributed by atoms with van der Waals surface area (Å²) in [5, 5.41) is 10.7. The van der Waals surface area contributed by atoms with E-state index in [1.165, 1.54) is 11.0 Å². The monoisotopic (exact) mass is 418 g/mol. The van der Waals surface area contributed by atoms with Gasteiger partial charge in [-0.05, 0) is 43.3 Å². The number of likely N-dealkylation sites (N-methyl/N-ethyl adjacent to an activating group) is 1. The van der Waals surface area contributed by atoms with Gasteiger partial charge in [-0.1, -0.05) is 15.9 Å². The van der Waals surface area contributed by atoms with Crippen LogP contribution in [0.4, 0.5) is 0 Å². The fourth-order valence-electron chi connectivity index (χ4n) is 2.85. The van der Waals surface area contributed by atoms with Gasteiger partial charge in [0.05, 0.1) is 7.05 Å². The molecular weight excluding hydrogens is 398 g/mol. The van der Waals surface area contributed by atoms with Crippen molar-refractivity contribution in [2.24, 2.45) is 0 Å². The molecule has 3 aromatic rings. The Labute approximate surface area is 159 Å². The predicted molar refractivity (Wildman–Crippen MR) is 104 cm³/mol. The van der Waals surface area contributed by atoms with E-state index in [1.54, 1.807) is 19.1 Å². The maximum atomic E-state index is 11.9. The van der Waals surface area contributed by atoms with Gasteiger partial charge in [0.1, 0.15) is 36.8 Å². The van der Waals surface area contributed by atoms with E-state index in [1.807, 2.05) is 24.3 Å². The van der Waals surface area contributed by atoms with Crippen LogP contribution in [0.5, 0.6) is 11.5 Å². The fraction of sp³-hybridized carbons (Fsp3) is 0.250. The Hall–Kier alpha value is -2.31. The number of hydrogen-bond donors (Lipinski definition) is 2. The molecule has 0 aliphatic rings. The van der Waals surface area contributed by atoms with Crippen LogP contribution in [0.1, 0.15) is 11.1 Å². The van der Waals surface area contributed by atoms with Crippen LogP contribution in [0.2, 0.25) is 0 Å². The van der Waals surface area contributed by atoms with Gasteiger partial charge < -0.3 is 19.2 Å². The second kappa shape index (κ2) is 7.93. The highest BCUT2D eigenvalue weighted by Crippen LogP contribution is 2.27. The van der Waals surface area contributed by atoms with Crippen molar-refractivity contribution in [3.63, 3.8) is 0 Å². The molecule has 136 valence electrons. The van der Waals surface area contributed by atoms with Crippen molar-refractivity contribution in [2.75, 3.05) is 20.2 Å². The zero-order valence-corrected chi connectivity index (χ0v) is 16.3. The summed E-state index contributed by atoms with van der Waals surface area (Å²) in [5.41, 5.74) is 1.53. The zero-order chi connectivity index (χ0) is 18.7. The molecule has 1 aromatic heterocycles. The molecule has 5 nitrogen and oxygen atoms in total. The first-order valence-electron chi connectivity index (χ1n) is 8.39. The largest absolute Gasteiger partial charge is 0.508 e. The molecule has 0 radical (unpaired) electrons. The molecule has 0 saturated carbocycles. The molecule has 26 heavy (non-hydrogen) atoms. The van der Waals surface area contributed by atoms with Gasteiger partial charge in [0, 0.05) is 27.1 Å². The number of aryl methyl sites for hydroxylation is 1. The lowest BCUT2D eigenvalue weighted by Crippen LogP contribution is -3.08. The van der Waals surface area contributed by atoms with E-state index in [2.05, 4.69) is 23.0 Å². The number of ether oxygens (including phenoxy) is 1. The molecule has 1 unspecified atom stereocenters. The normalized spacial score (nSPS) is 12.3. The van der Waals surface area contributed by atoms with Crippen molar-refractivity contribution in [3.05, 3.63) is 68.5 Å². The van der Waals surface area contributed by atoms with Gasteiger partial charge in [0.15, 0.2) is 0 Å². The molecule has 6 heteroatoms. The van der Waals surface area contributed by atoms with Crippen LogP contribution in [0, 0.1) is 6.92 Å². The second-order valence-corrected chi connectivity index (χ2v) is 7.28. The smallest absolute Gasteiger partial charge is 0.336 e. The van der Waals surface area contributed by atoms with Gasteiger partial charge >= 0.3 is 5.63 Å². The average molecular weight is 419 g/mol. The topological polar surface area (TPSA) is 64.1 Å². The SMILES string of the molecule is Cc1c(O)ccc2c(C[NH+](C)CCOc3ccc(Br)cc3)cc(=O)oc12. The molecule has 0 fully saturated rings. The van der Waals surface area contributed by atoms with Crippen LogP contribution < -0.4 is 15.3 Å². The highest BCUT2D eigenvalue weighted by atomic mass is 79.9. The molecule has 0 spiro atoms. The lowest BCUT2D eigenvalue weighted by molar-refractivity contribution is -0.893. The molecule has 1 atom stereocenters. The summed E-state index contributed by atoms with van der Waals surface area (Å²) in [5.74, 6) is 0.958. The number of quaternary nitrogens is 1. The second-order valence-electron chi connectivity index (χ2n) is 6.36. The van der Waals surface area contributed by atoms with Gasteiger partial charge in [-0.15, -0.1) is 0 Å². The minimum Gasteiger partial charge on any atom is -0.508 e. The van der Waals surface area contributed by atoms with Crippen molar-refractivity contribution < 1.29 is 19.2 Å². The highest BCUT2D eigenvalue weighted by molar-refractivity contribution is 9.10. The maximum Gasteiger partial charge on any atom is 0.336 e. The summed E-state index contributed by atoms with van der Waals surface area (Å²) in [7, 11) is 2.05. The van der Waals surface area contributed by atoms with Crippen LogP contribution in [0.15, 0.2) is 56.1 Å². The van der Waals surface area contributed by atoms with Crippen molar-refractivity contribution in [1.82, 2.24) is 0 Å². The van der Waals surface area contributed by atoms with E-state index < -0.39 is 5.63 Å². The first-order valence-corrected chi connectivity index (χ1v) is 9.18. The quantitative estimate of drug-likeness (QED) is 0.604. The Morgan fingerprint density at radius 3 is 2.65 bits per heavy atom. The molecule has 1 heterocycles. The number of halogens is 1. The van der Waals surface area contributed by atoms with Crippen LogP contribution in [-0.4, -0.2) is 25.3 Å². The molecule has 3 rings (SSSR count). The van der Waals surface area contributed by atoms with Crippen molar-refractivity contribution in [2.45, 2.75) is 13.5 Å². The minimum atomic E-state index is -0.403.